The van der Waals surface area contributed by atoms with Crippen LogP contribution in [-0.2, 0) is 0 Å². The van der Waals surface area contributed by atoms with E-state index >= 15 is 0 Å². The van der Waals surface area contributed by atoms with Gasteiger partial charge in [0.15, 0.2) is 0 Å². The van der Waals surface area contributed by atoms with E-state index in [9.17, 15) is 0 Å². The van der Waals surface area contributed by atoms with Gasteiger partial charge in [0.25, 0.3) is 0 Å². The standard InChI is InChI=1S/C13H11Cl2N/c1-8-6-10(16)3-5-11(8)12-4-2-9(14)7-13(12)15/h2-7H,16H2,1H3. The maximum atomic E-state index is 6.16. The summed E-state index contributed by atoms with van der Waals surface area (Å²) in [4.78, 5) is 0. The Labute approximate surface area is 105 Å². The molecule has 0 aliphatic heterocycles. The summed E-state index contributed by atoms with van der Waals surface area (Å²) in [5.74, 6) is 0. The Morgan fingerprint density at radius 1 is 0.938 bits per heavy atom. The molecule has 0 saturated carbocycles. The molecule has 0 aliphatic carbocycles. The summed E-state index contributed by atoms with van der Waals surface area (Å²) in [7, 11) is 0. The van der Waals surface area contributed by atoms with Crippen LogP contribution in [0, 0.1) is 6.92 Å². The minimum atomic E-state index is 0.641. The first-order valence-electron chi connectivity index (χ1n) is 4.89. The second kappa shape index (κ2) is 4.36. The Hall–Kier alpha value is -1.18. The summed E-state index contributed by atoms with van der Waals surface area (Å²) in [6, 6.07) is 11.3. The molecule has 2 N–H and O–H groups in total. The Kier molecular flexibility index (Phi) is 3.08. The molecule has 82 valence electrons. The first kappa shape index (κ1) is 11.3. The van der Waals surface area contributed by atoms with Crippen molar-refractivity contribution >= 4 is 28.9 Å². The number of benzene rings is 2. The second-order valence-electron chi connectivity index (χ2n) is 3.70. The number of anilines is 1. The SMILES string of the molecule is Cc1cc(N)ccc1-c1ccc(Cl)cc1Cl. The Balaban J connectivity index is 2.59. The summed E-state index contributed by atoms with van der Waals surface area (Å²) >= 11 is 12.0. The van der Waals surface area contributed by atoms with Gasteiger partial charge in [-0.25, -0.2) is 0 Å². The molecular weight excluding hydrogens is 241 g/mol. The summed E-state index contributed by atoms with van der Waals surface area (Å²) < 4.78 is 0. The molecule has 2 aromatic rings. The van der Waals surface area contributed by atoms with Crippen molar-refractivity contribution in [3.63, 3.8) is 0 Å². The molecule has 0 unspecified atom stereocenters. The van der Waals surface area contributed by atoms with Crippen molar-refractivity contribution < 1.29 is 0 Å². The molecule has 3 heteroatoms. The molecule has 2 aromatic carbocycles. The third-order valence-corrected chi connectivity index (χ3v) is 3.02. The van der Waals surface area contributed by atoms with Gasteiger partial charge in [-0.15, -0.1) is 0 Å². The molecule has 16 heavy (non-hydrogen) atoms. The topological polar surface area (TPSA) is 26.0 Å². The number of hydrogen-bond donors (Lipinski definition) is 1. The predicted molar refractivity (Wildman–Crippen MR) is 71.0 cm³/mol. The number of rotatable bonds is 1. The van der Waals surface area contributed by atoms with Gasteiger partial charge in [0, 0.05) is 21.3 Å². The van der Waals surface area contributed by atoms with Gasteiger partial charge < -0.3 is 5.73 Å². The van der Waals surface area contributed by atoms with Crippen LogP contribution in [-0.4, -0.2) is 0 Å². The zero-order valence-electron chi connectivity index (χ0n) is 8.80. The fourth-order valence-corrected chi connectivity index (χ4v) is 2.21. The van der Waals surface area contributed by atoms with Crippen LogP contribution in [0.2, 0.25) is 10.0 Å². The molecule has 0 saturated heterocycles. The van der Waals surface area contributed by atoms with E-state index in [2.05, 4.69) is 0 Å². The second-order valence-corrected chi connectivity index (χ2v) is 4.54. The highest BCUT2D eigenvalue weighted by Crippen LogP contribution is 2.32. The average molecular weight is 252 g/mol. The van der Waals surface area contributed by atoms with Gasteiger partial charge in [-0.05, 0) is 42.3 Å². The van der Waals surface area contributed by atoms with Crippen LogP contribution in [0.15, 0.2) is 36.4 Å². The summed E-state index contributed by atoms with van der Waals surface area (Å²) in [6.45, 7) is 2.01. The van der Waals surface area contributed by atoms with Gasteiger partial charge in [-0.3, -0.25) is 0 Å². The smallest absolute Gasteiger partial charge is 0.0499 e. The molecule has 0 fully saturated rings. The fraction of sp³-hybridized carbons (Fsp3) is 0.0769. The number of aryl methyl sites for hydroxylation is 1. The normalized spacial score (nSPS) is 10.4. The summed E-state index contributed by atoms with van der Waals surface area (Å²) in [5.41, 5.74) is 9.63. The van der Waals surface area contributed by atoms with Crippen molar-refractivity contribution in [2.24, 2.45) is 0 Å². The highest BCUT2D eigenvalue weighted by molar-refractivity contribution is 6.36. The highest BCUT2D eigenvalue weighted by Gasteiger charge is 2.06. The maximum Gasteiger partial charge on any atom is 0.0499 e. The minimum absolute atomic E-state index is 0.641. The largest absolute Gasteiger partial charge is 0.399 e. The molecule has 0 bridgehead atoms. The molecule has 0 aliphatic rings. The van der Waals surface area contributed by atoms with Crippen LogP contribution in [0.25, 0.3) is 11.1 Å². The number of halogens is 2. The van der Waals surface area contributed by atoms with Gasteiger partial charge in [0.1, 0.15) is 0 Å². The van der Waals surface area contributed by atoms with Crippen molar-refractivity contribution in [2.75, 3.05) is 5.73 Å². The maximum absolute atomic E-state index is 6.16. The molecule has 0 aromatic heterocycles. The molecule has 0 heterocycles. The third kappa shape index (κ3) is 2.16. The van der Waals surface area contributed by atoms with E-state index in [1.54, 1.807) is 6.07 Å². The first-order chi connectivity index (χ1) is 7.58. The molecule has 2 rings (SSSR count). The van der Waals surface area contributed by atoms with Crippen molar-refractivity contribution in [3.8, 4) is 11.1 Å². The van der Waals surface area contributed by atoms with Crippen LogP contribution < -0.4 is 5.73 Å². The van der Waals surface area contributed by atoms with E-state index in [0.717, 1.165) is 22.4 Å². The van der Waals surface area contributed by atoms with Crippen LogP contribution in [0.3, 0.4) is 0 Å². The van der Waals surface area contributed by atoms with Crippen molar-refractivity contribution in [2.45, 2.75) is 6.92 Å². The lowest BCUT2D eigenvalue weighted by Gasteiger charge is -2.09. The van der Waals surface area contributed by atoms with Crippen molar-refractivity contribution in [1.82, 2.24) is 0 Å². The fourth-order valence-electron chi connectivity index (χ4n) is 1.70. The molecule has 0 amide bonds. The van der Waals surface area contributed by atoms with Crippen LogP contribution >= 0.6 is 23.2 Å². The van der Waals surface area contributed by atoms with Crippen LogP contribution in [0.5, 0.6) is 0 Å². The summed E-state index contributed by atoms with van der Waals surface area (Å²) in [5, 5.41) is 1.29. The highest BCUT2D eigenvalue weighted by atomic mass is 35.5. The minimum Gasteiger partial charge on any atom is -0.399 e. The Morgan fingerprint density at radius 2 is 1.62 bits per heavy atom. The first-order valence-corrected chi connectivity index (χ1v) is 5.65. The van der Waals surface area contributed by atoms with Crippen molar-refractivity contribution in [3.05, 3.63) is 52.0 Å². The van der Waals surface area contributed by atoms with Gasteiger partial charge in [0.05, 0.1) is 0 Å². The molecule has 0 spiro atoms. The van der Waals surface area contributed by atoms with Gasteiger partial charge >= 0.3 is 0 Å². The van der Waals surface area contributed by atoms with Crippen molar-refractivity contribution in [1.29, 1.82) is 0 Å². The average Bonchev–Trinajstić information content (AvgIpc) is 2.19. The quantitative estimate of drug-likeness (QED) is 0.740. The molecular formula is C13H11Cl2N. The summed E-state index contributed by atoms with van der Waals surface area (Å²) in [6.07, 6.45) is 0. The van der Waals surface area contributed by atoms with E-state index in [-0.39, 0.29) is 0 Å². The zero-order valence-corrected chi connectivity index (χ0v) is 10.3. The Bertz CT molecular complexity index is 486. The molecule has 1 nitrogen and oxygen atoms in total. The predicted octanol–water partition coefficient (Wildman–Crippen LogP) is 4.55. The van der Waals surface area contributed by atoms with Gasteiger partial charge in [-0.1, -0.05) is 35.3 Å². The number of nitrogens with two attached hydrogens (primary N) is 1. The van der Waals surface area contributed by atoms with Crippen LogP contribution in [0.1, 0.15) is 5.56 Å². The number of hydrogen-bond acceptors (Lipinski definition) is 1. The van der Waals surface area contributed by atoms with Gasteiger partial charge in [0.2, 0.25) is 0 Å². The monoisotopic (exact) mass is 251 g/mol. The Morgan fingerprint density at radius 3 is 2.25 bits per heavy atom. The lowest BCUT2D eigenvalue weighted by molar-refractivity contribution is 1.46. The van der Waals surface area contributed by atoms with E-state index in [1.807, 2.05) is 37.3 Å². The van der Waals surface area contributed by atoms with E-state index in [0.29, 0.717) is 10.0 Å². The van der Waals surface area contributed by atoms with Crippen LogP contribution in [0.4, 0.5) is 5.69 Å². The van der Waals surface area contributed by atoms with E-state index in [1.165, 1.54) is 0 Å². The zero-order chi connectivity index (χ0) is 11.7. The lowest BCUT2D eigenvalue weighted by atomic mass is 10.00. The van der Waals surface area contributed by atoms with Gasteiger partial charge in [-0.2, -0.15) is 0 Å². The van der Waals surface area contributed by atoms with E-state index in [4.69, 9.17) is 28.9 Å². The van der Waals surface area contributed by atoms with E-state index < -0.39 is 0 Å². The number of nitrogen functional groups attached to an aromatic ring is 1. The third-order valence-electron chi connectivity index (χ3n) is 2.47. The molecule has 0 atom stereocenters. The molecule has 0 radical (unpaired) electrons. The lowest BCUT2D eigenvalue weighted by Crippen LogP contribution is -1.89.